The van der Waals surface area contributed by atoms with Crippen LogP contribution >= 0.6 is 0 Å². The maximum absolute atomic E-state index is 11.5. The quantitative estimate of drug-likeness (QED) is 0.723. The van der Waals surface area contributed by atoms with Crippen LogP contribution in [0.3, 0.4) is 0 Å². The number of amides is 2. The molecule has 0 radical (unpaired) electrons. The summed E-state index contributed by atoms with van der Waals surface area (Å²) in [5.41, 5.74) is 0. The highest BCUT2D eigenvalue weighted by atomic mass is 16.5. The van der Waals surface area contributed by atoms with Gasteiger partial charge in [0.2, 0.25) is 5.91 Å². The van der Waals surface area contributed by atoms with Crippen molar-refractivity contribution in [3.05, 3.63) is 0 Å². The Balaban J connectivity index is 2.14. The number of hydrogen-bond acceptors (Lipinski definition) is 4. The molecule has 0 aromatic heterocycles. The lowest BCUT2D eigenvalue weighted by atomic mass is 10.00. The number of hydrogen-bond donors (Lipinski definition) is 1. The van der Waals surface area contributed by atoms with Crippen molar-refractivity contribution in [2.24, 2.45) is 0 Å². The van der Waals surface area contributed by atoms with Crippen LogP contribution in [-0.4, -0.2) is 68.2 Å². The molecule has 122 valence electrons. The van der Waals surface area contributed by atoms with Gasteiger partial charge in [0, 0.05) is 32.5 Å². The van der Waals surface area contributed by atoms with Gasteiger partial charge in [0.25, 0.3) is 0 Å². The number of alkyl carbamates (subject to hydrolysis) is 1. The van der Waals surface area contributed by atoms with E-state index in [4.69, 9.17) is 4.74 Å². The van der Waals surface area contributed by atoms with Crippen molar-refractivity contribution in [1.82, 2.24) is 15.1 Å². The molecule has 1 N–H and O–H groups in total. The van der Waals surface area contributed by atoms with E-state index in [1.165, 1.54) is 0 Å². The van der Waals surface area contributed by atoms with Gasteiger partial charge >= 0.3 is 6.09 Å². The molecule has 1 heterocycles. The molecule has 0 aromatic rings. The minimum absolute atomic E-state index is 0.118. The number of nitrogens with one attached hydrogen (secondary N) is 1. The number of piperidine rings is 1. The van der Waals surface area contributed by atoms with Crippen molar-refractivity contribution >= 4 is 12.0 Å². The number of carbonyl (C=O) groups excluding carboxylic acids is 2. The Morgan fingerprint density at radius 2 is 2.10 bits per heavy atom. The molecule has 0 spiro atoms. The van der Waals surface area contributed by atoms with E-state index in [0.717, 1.165) is 45.2 Å². The Kier molecular flexibility index (Phi) is 8.12. The van der Waals surface area contributed by atoms with Gasteiger partial charge in [-0.25, -0.2) is 4.79 Å². The van der Waals surface area contributed by atoms with E-state index >= 15 is 0 Å². The van der Waals surface area contributed by atoms with E-state index in [-0.39, 0.29) is 18.0 Å². The maximum Gasteiger partial charge on any atom is 0.407 e. The van der Waals surface area contributed by atoms with Gasteiger partial charge in [-0.1, -0.05) is 0 Å². The zero-order chi connectivity index (χ0) is 15.7. The summed E-state index contributed by atoms with van der Waals surface area (Å²) in [5.74, 6) is 0.118. The summed E-state index contributed by atoms with van der Waals surface area (Å²) in [6.07, 6.45) is 4.49. The first-order chi connectivity index (χ1) is 10.0. The molecule has 1 atom stereocenters. The van der Waals surface area contributed by atoms with Crippen molar-refractivity contribution in [3.63, 3.8) is 0 Å². The van der Waals surface area contributed by atoms with Crippen LogP contribution in [0.2, 0.25) is 0 Å². The van der Waals surface area contributed by atoms with Gasteiger partial charge in [0.15, 0.2) is 0 Å². The van der Waals surface area contributed by atoms with Crippen LogP contribution in [0.15, 0.2) is 0 Å². The molecular formula is C15H29N3O3. The fourth-order valence-electron chi connectivity index (χ4n) is 2.64. The minimum Gasteiger partial charge on any atom is -0.449 e. The summed E-state index contributed by atoms with van der Waals surface area (Å²) in [5, 5.41) is 2.74. The number of rotatable bonds is 7. The molecule has 1 unspecified atom stereocenters. The lowest BCUT2D eigenvalue weighted by Gasteiger charge is -2.35. The SMILES string of the molecule is CC(=O)N1CCCCC1CCOC(=O)NCCCN(C)C. The largest absolute Gasteiger partial charge is 0.449 e. The summed E-state index contributed by atoms with van der Waals surface area (Å²) in [4.78, 5) is 27.0. The summed E-state index contributed by atoms with van der Waals surface area (Å²) < 4.78 is 5.18. The standard InChI is InChI=1S/C15H29N3O3/c1-13(19)18-11-5-4-7-14(18)8-12-21-15(20)16-9-6-10-17(2)3/h14H,4-12H2,1-3H3,(H,16,20). The van der Waals surface area contributed by atoms with Gasteiger partial charge in [-0.3, -0.25) is 4.79 Å². The zero-order valence-electron chi connectivity index (χ0n) is 13.6. The smallest absolute Gasteiger partial charge is 0.407 e. The van der Waals surface area contributed by atoms with E-state index < -0.39 is 0 Å². The summed E-state index contributed by atoms with van der Waals surface area (Å²) in [7, 11) is 4.01. The van der Waals surface area contributed by atoms with Crippen LogP contribution in [0.4, 0.5) is 4.79 Å². The molecule has 1 aliphatic heterocycles. The average molecular weight is 299 g/mol. The Morgan fingerprint density at radius 1 is 1.33 bits per heavy atom. The third-order valence-electron chi connectivity index (χ3n) is 3.77. The second-order valence-electron chi connectivity index (χ2n) is 5.87. The van der Waals surface area contributed by atoms with E-state index in [2.05, 4.69) is 10.2 Å². The van der Waals surface area contributed by atoms with Crippen molar-refractivity contribution in [2.75, 3.05) is 40.3 Å². The van der Waals surface area contributed by atoms with Crippen molar-refractivity contribution in [3.8, 4) is 0 Å². The topological polar surface area (TPSA) is 61.9 Å². The highest BCUT2D eigenvalue weighted by molar-refractivity contribution is 5.73. The highest BCUT2D eigenvalue weighted by Crippen LogP contribution is 2.19. The van der Waals surface area contributed by atoms with Crippen LogP contribution in [-0.2, 0) is 9.53 Å². The van der Waals surface area contributed by atoms with Gasteiger partial charge in [-0.15, -0.1) is 0 Å². The van der Waals surface area contributed by atoms with Crippen LogP contribution in [0.25, 0.3) is 0 Å². The molecule has 6 nitrogen and oxygen atoms in total. The first kappa shape index (κ1) is 17.8. The van der Waals surface area contributed by atoms with Gasteiger partial charge < -0.3 is 19.9 Å². The van der Waals surface area contributed by atoms with Gasteiger partial charge in [0.05, 0.1) is 6.61 Å². The Morgan fingerprint density at radius 3 is 2.76 bits per heavy atom. The summed E-state index contributed by atoms with van der Waals surface area (Å²) >= 11 is 0. The summed E-state index contributed by atoms with van der Waals surface area (Å²) in [6, 6.07) is 0.220. The predicted molar refractivity (Wildman–Crippen MR) is 82.2 cm³/mol. The van der Waals surface area contributed by atoms with E-state index in [1.54, 1.807) is 6.92 Å². The third kappa shape index (κ3) is 7.32. The number of ether oxygens (including phenoxy) is 1. The van der Waals surface area contributed by atoms with Gasteiger partial charge in [0.1, 0.15) is 0 Å². The van der Waals surface area contributed by atoms with Gasteiger partial charge in [-0.2, -0.15) is 0 Å². The molecule has 0 bridgehead atoms. The monoisotopic (exact) mass is 299 g/mol. The molecule has 2 amide bonds. The molecule has 1 rings (SSSR count). The van der Waals surface area contributed by atoms with Crippen LogP contribution in [0, 0.1) is 0 Å². The minimum atomic E-state index is -0.362. The molecular weight excluding hydrogens is 270 g/mol. The molecule has 1 saturated heterocycles. The van der Waals surface area contributed by atoms with Crippen LogP contribution < -0.4 is 5.32 Å². The van der Waals surface area contributed by atoms with E-state index in [1.807, 2.05) is 19.0 Å². The maximum atomic E-state index is 11.5. The highest BCUT2D eigenvalue weighted by Gasteiger charge is 2.24. The van der Waals surface area contributed by atoms with Crippen molar-refractivity contribution in [2.45, 2.75) is 45.1 Å². The zero-order valence-corrected chi connectivity index (χ0v) is 13.6. The second kappa shape index (κ2) is 9.60. The van der Waals surface area contributed by atoms with Crippen molar-refractivity contribution in [1.29, 1.82) is 0 Å². The fourth-order valence-corrected chi connectivity index (χ4v) is 2.64. The molecule has 0 aromatic carbocycles. The Hall–Kier alpha value is -1.30. The first-order valence-corrected chi connectivity index (χ1v) is 7.83. The van der Waals surface area contributed by atoms with Crippen molar-refractivity contribution < 1.29 is 14.3 Å². The summed E-state index contributed by atoms with van der Waals surface area (Å²) in [6.45, 7) is 4.37. The second-order valence-corrected chi connectivity index (χ2v) is 5.87. The normalized spacial score (nSPS) is 18.7. The van der Waals surface area contributed by atoms with Crippen LogP contribution in [0.5, 0.6) is 0 Å². The lowest BCUT2D eigenvalue weighted by molar-refractivity contribution is -0.132. The molecule has 0 aliphatic carbocycles. The molecule has 21 heavy (non-hydrogen) atoms. The first-order valence-electron chi connectivity index (χ1n) is 7.83. The number of carbonyl (C=O) groups is 2. The van der Waals surface area contributed by atoms with Gasteiger partial charge in [-0.05, 0) is 46.3 Å². The molecule has 6 heteroatoms. The molecule has 0 saturated carbocycles. The Bertz CT molecular complexity index is 334. The lowest BCUT2D eigenvalue weighted by Crippen LogP contribution is -2.43. The molecule has 1 fully saturated rings. The Labute approximate surface area is 127 Å². The third-order valence-corrected chi connectivity index (χ3v) is 3.77. The number of likely N-dealkylation sites (tertiary alicyclic amines) is 1. The fraction of sp³-hybridized carbons (Fsp3) is 0.867. The van der Waals surface area contributed by atoms with Crippen LogP contribution in [0.1, 0.15) is 39.0 Å². The number of nitrogens with zero attached hydrogens (tertiary/aromatic N) is 2. The predicted octanol–water partition coefficient (Wildman–Crippen LogP) is 1.46. The van der Waals surface area contributed by atoms with E-state index in [9.17, 15) is 9.59 Å². The average Bonchev–Trinajstić information content (AvgIpc) is 2.44. The molecule has 1 aliphatic rings. The van der Waals surface area contributed by atoms with E-state index in [0.29, 0.717) is 13.2 Å².